The summed E-state index contributed by atoms with van der Waals surface area (Å²) in [6.07, 6.45) is 9.92. The van der Waals surface area contributed by atoms with E-state index in [-0.39, 0.29) is 29.8 Å². The lowest BCUT2D eigenvalue weighted by molar-refractivity contribution is -0.134. The van der Waals surface area contributed by atoms with Crippen molar-refractivity contribution in [3.8, 4) is 5.75 Å². The van der Waals surface area contributed by atoms with Gasteiger partial charge in [0.25, 0.3) is 5.91 Å². The number of benzene rings is 1. The highest BCUT2D eigenvalue weighted by Gasteiger charge is 2.51. The highest BCUT2D eigenvalue weighted by atomic mass is 16.5. The fourth-order valence-corrected chi connectivity index (χ4v) is 6.47. The number of hydrazine groups is 1. The Morgan fingerprint density at radius 2 is 1.58 bits per heavy atom. The van der Waals surface area contributed by atoms with Gasteiger partial charge < -0.3 is 10.1 Å². The molecule has 31 heavy (non-hydrogen) atoms. The SMILES string of the molecule is O=C(COc1cccc(NC(=O)C2CC2)c1)NNC(=O)CC12CC3CC(CC(C3)C1)C2. The van der Waals surface area contributed by atoms with E-state index < -0.39 is 5.91 Å². The summed E-state index contributed by atoms with van der Waals surface area (Å²) in [4.78, 5) is 36.5. The minimum Gasteiger partial charge on any atom is -0.484 e. The lowest BCUT2D eigenvalue weighted by Crippen LogP contribution is -2.50. The van der Waals surface area contributed by atoms with E-state index in [1.807, 2.05) is 0 Å². The van der Waals surface area contributed by atoms with Crippen LogP contribution in [0.2, 0.25) is 0 Å². The lowest BCUT2D eigenvalue weighted by atomic mass is 9.49. The summed E-state index contributed by atoms with van der Waals surface area (Å²) in [7, 11) is 0. The second-order valence-electron chi connectivity index (χ2n) is 10.3. The van der Waals surface area contributed by atoms with Gasteiger partial charge in [0, 0.05) is 24.1 Å². The van der Waals surface area contributed by atoms with Crippen molar-refractivity contribution in [1.82, 2.24) is 10.9 Å². The number of rotatable bonds is 7. The Bertz CT molecular complexity index is 844. The molecule has 5 aliphatic rings. The van der Waals surface area contributed by atoms with Gasteiger partial charge in [0.05, 0.1) is 0 Å². The molecule has 0 unspecified atom stereocenters. The molecule has 5 saturated carbocycles. The quantitative estimate of drug-likeness (QED) is 0.585. The maximum atomic E-state index is 12.5. The van der Waals surface area contributed by atoms with Gasteiger partial charge in [-0.05, 0) is 86.7 Å². The molecule has 5 aliphatic carbocycles. The van der Waals surface area contributed by atoms with Crippen LogP contribution in [0.3, 0.4) is 0 Å². The Morgan fingerprint density at radius 3 is 2.23 bits per heavy atom. The first kappa shape index (κ1) is 20.3. The molecule has 6 rings (SSSR count). The van der Waals surface area contributed by atoms with Crippen LogP contribution in [0.4, 0.5) is 5.69 Å². The van der Waals surface area contributed by atoms with Crippen LogP contribution in [0.15, 0.2) is 24.3 Å². The van der Waals surface area contributed by atoms with Crippen LogP contribution in [0.5, 0.6) is 5.75 Å². The van der Waals surface area contributed by atoms with Crippen LogP contribution in [0.25, 0.3) is 0 Å². The zero-order valence-electron chi connectivity index (χ0n) is 17.8. The van der Waals surface area contributed by atoms with Crippen molar-refractivity contribution in [3.05, 3.63) is 24.3 Å². The van der Waals surface area contributed by atoms with Crippen LogP contribution >= 0.6 is 0 Å². The molecule has 0 saturated heterocycles. The van der Waals surface area contributed by atoms with E-state index >= 15 is 0 Å². The predicted octanol–water partition coefficient (Wildman–Crippen LogP) is 3.17. The van der Waals surface area contributed by atoms with E-state index in [2.05, 4.69) is 16.2 Å². The Labute approximate surface area is 182 Å². The third-order valence-corrected chi connectivity index (χ3v) is 7.46. The molecule has 3 N–H and O–H groups in total. The zero-order chi connectivity index (χ0) is 21.4. The molecule has 0 atom stereocenters. The second-order valence-corrected chi connectivity index (χ2v) is 10.3. The minimum absolute atomic E-state index is 0.0247. The molecule has 5 fully saturated rings. The van der Waals surface area contributed by atoms with E-state index in [9.17, 15) is 14.4 Å². The number of hydrogen-bond acceptors (Lipinski definition) is 4. The van der Waals surface area contributed by atoms with Gasteiger partial charge in [0.15, 0.2) is 6.61 Å². The second kappa shape index (κ2) is 8.17. The van der Waals surface area contributed by atoms with Gasteiger partial charge in [0.2, 0.25) is 11.8 Å². The molecular formula is C24H31N3O4. The van der Waals surface area contributed by atoms with Gasteiger partial charge in [-0.3, -0.25) is 25.2 Å². The van der Waals surface area contributed by atoms with Gasteiger partial charge in [-0.15, -0.1) is 0 Å². The van der Waals surface area contributed by atoms with Crippen molar-refractivity contribution in [2.75, 3.05) is 11.9 Å². The highest BCUT2D eigenvalue weighted by molar-refractivity contribution is 5.94. The first-order valence-electron chi connectivity index (χ1n) is 11.6. The van der Waals surface area contributed by atoms with Crippen LogP contribution in [0, 0.1) is 29.1 Å². The fourth-order valence-electron chi connectivity index (χ4n) is 6.47. The summed E-state index contributed by atoms with van der Waals surface area (Å²) in [6.45, 7) is -0.211. The average Bonchev–Trinajstić information content (AvgIpc) is 3.55. The van der Waals surface area contributed by atoms with Crippen LogP contribution in [0.1, 0.15) is 57.8 Å². The van der Waals surface area contributed by atoms with Crippen molar-refractivity contribution in [3.63, 3.8) is 0 Å². The molecule has 7 heteroatoms. The van der Waals surface area contributed by atoms with Crippen LogP contribution < -0.4 is 20.9 Å². The Kier molecular flexibility index (Phi) is 5.36. The Morgan fingerprint density at radius 1 is 0.935 bits per heavy atom. The summed E-state index contributed by atoms with van der Waals surface area (Å²) in [5, 5.41) is 2.86. The Hall–Kier alpha value is -2.57. The number of carbonyl (C=O) groups is 3. The number of nitrogens with one attached hydrogen (secondary N) is 3. The molecule has 3 amide bonds. The number of carbonyl (C=O) groups excluding carboxylic acids is 3. The van der Waals surface area contributed by atoms with E-state index in [1.54, 1.807) is 24.3 Å². The van der Waals surface area contributed by atoms with E-state index in [0.29, 0.717) is 17.9 Å². The fraction of sp³-hybridized carbons (Fsp3) is 0.625. The third kappa shape index (κ3) is 4.86. The molecule has 7 nitrogen and oxygen atoms in total. The van der Waals surface area contributed by atoms with E-state index in [4.69, 9.17) is 4.74 Å². The summed E-state index contributed by atoms with van der Waals surface area (Å²) in [6, 6.07) is 6.98. The van der Waals surface area contributed by atoms with E-state index in [1.165, 1.54) is 19.3 Å². The first-order valence-corrected chi connectivity index (χ1v) is 11.6. The molecule has 0 heterocycles. The van der Waals surface area contributed by atoms with Crippen molar-refractivity contribution in [2.45, 2.75) is 57.8 Å². The summed E-state index contributed by atoms with van der Waals surface area (Å²) in [5.41, 5.74) is 5.84. The van der Waals surface area contributed by atoms with Gasteiger partial charge >= 0.3 is 0 Å². The van der Waals surface area contributed by atoms with Crippen molar-refractivity contribution >= 4 is 23.4 Å². The maximum Gasteiger partial charge on any atom is 0.276 e. The number of anilines is 1. The molecule has 0 spiro atoms. The van der Waals surface area contributed by atoms with Crippen molar-refractivity contribution < 1.29 is 19.1 Å². The normalized spacial score (nSPS) is 30.5. The number of hydrogen-bond donors (Lipinski definition) is 3. The Balaban J connectivity index is 1.05. The van der Waals surface area contributed by atoms with Gasteiger partial charge in [-0.25, -0.2) is 0 Å². The molecule has 4 bridgehead atoms. The van der Waals surface area contributed by atoms with Crippen molar-refractivity contribution in [1.29, 1.82) is 0 Å². The van der Waals surface area contributed by atoms with Crippen molar-refractivity contribution in [2.24, 2.45) is 29.1 Å². The first-order chi connectivity index (χ1) is 15.0. The average molecular weight is 426 g/mol. The molecule has 166 valence electrons. The minimum atomic E-state index is -0.411. The number of amides is 3. The zero-order valence-corrected chi connectivity index (χ0v) is 17.8. The maximum absolute atomic E-state index is 12.5. The van der Waals surface area contributed by atoms with E-state index in [0.717, 1.165) is 49.9 Å². The smallest absolute Gasteiger partial charge is 0.276 e. The third-order valence-electron chi connectivity index (χ3n) is 7.46. The van der Waals surface area contributed by atoms with Gasteiger partial charge in [0.1, 0.15) is 5.75 Å². The molecule has 0 radical (unpaired) electrons. The lowest BCUT2D eigenvalue weighted by Gasteiger charge is -2.56. The molecule has 0 aromatic heterocycles. The van der Waals surface area contributed by atoms with Gasteiger partial charge in [-0.2, -0.15) is 0 Å². The molecule has 0 aliphatic heterocycles. The van der Waals surface area contributed by atoms with Gasteiger partial charge in [-0.1, -0.05) is 6.07 Å². The molecular weight excluding hydrogens is 394 g/mol. The summed E-state index contributed by atoms with van der Waals surface area (Å²) < 4.78 is 5.52. The van der Waals surface area contributed by atoms with Crippen LogP contribution in [-0.2, 0) is 14.4 Å². The monoisotopic (exact) mass is 425 g/mol. The molecule has 1 aromatic rings. The van der Waals surface area contributed by atoms with Crippen LogP contribution in [-0.4, -0.2) is 24.3 Å². The topological polar surface area (TPSA) is 96.5 Å². The molecule has 1 aromatic carbocycles. The summed E-state index contributed by atoms with van der Waals surface area (Å²) >= 11 is 0. The standard InChI is InChI=1S/C24H31N3O4/c28-21(13-24-10-15-6-16(11-24)8-17(7-15)12-24)26-27-22(29)14-31-20-3-1-2-19(9-20)25-23(30)18-4-5-18/h1-3,9,15-18H,4-8,10-14H2,(H,25,30)(H,26,28)(H,27,29). The largest absolute Gasteiger partial charge is 0.484 e. The highest BCUT2D eigenvalue weighted by Crippen LogP contribution is 2.61. The summed E-state index contributed by atoms with van der Waals surface area (Å²) in [5.74, 6) is 2.51. The predicted molar refractivity (Wildman–Crippen MR) is 115 cm³/mol. The number of ether oxygens (including phenoxy) is 1.